The molecule has 4 aromatic rings. The van der Waals surface area contributed by atoms with Crippen molar-refractivity contribution in [3.8, 4) is 17.0 Å². The van der Waals surface area contributed by atoms with E-state index < -0.39 is 0 Å². The molecule has 1 fully saturated rings. The highest BCUT2D eigenvalue weighted by molar-refractivity contribution is 8.01. The van der Waals surface area contributed by atoms with Crippen LogP contribution < -0.4 is 15.0 Å². The van der Waals surface area contributed by atoms with Gasteiger partial charge in [0.25, 0.3) is 5.91 Å². The number of benzene rings is 3. The van der Waals surface area contributed by atoms with E-state index in [1.807, 2.05) is 52.7 Å². The summed E-state index contributed by atoms with van der Waals surface area (Å²) in [6.07, 6.45) is 0. The second kappa shape index (κ2) is 12.4. The van der Waals surface area contributed by atoms with E-state index in [-0.39, 0.29) is 11.8 Å². The van der Waals surface area contributed by atoms with Gasteiger partial charge in [0.1, 0.15) is 5.75 Å². The zero-order chi connectivity index (χ0) is 27.2. The van der Waals surface area contributed by atoms with Crippen LogP contribution in [0.2, 0.25) is 0 Å². The molecule has 1 N–H and O–H groups in total. The Morgan fingerprint density at radius 2 is 1.74 bits per heavy atom. The molecule has 0 aliphatic carbocycles. The maximum atomic E-state index is 12.9. The molecule has 0 atom stereocenters. The van der Waals surface area contributed by atoms with E-state index in [0.717, 1.165) is 40.1 Å². The van der Waals surface area contributed by atoms with Gasteiger partial charge in [-0.05, 0) is 49.4 Å². The molecular weight excluding hydrogens is 528 g/mol. The molecule has 0 radical (unpaired) electrons. The van der Waals surface area contributed by atoms with Crippen LogP contribution in [0.5, 0.6) is 5.75 Å². The average Bonchev–Trinajstić information content (AvgIpc) is 3.46. The second-order valence-corrected chi connectivity index (χ2v) is 11.3. The number of carbonyl (C=O) groups excluding carboxylic acids is 2. The number of aromatic nitrogens is 1. The number of hydrogen-bond donors (Lipinski definition) is 1. The van der Waals surface area contributed by atoms with E-state index in [4.69, 9.17) is 4.74 Å². The summed E-state index contributed by atoms with van der Waals surface area (Å²) in [5.41, 5.74) is 5.70. The van der Waals surface area contributed by atoms with Gasteiger partial charge in [-0.1, -0.05) is 47.7 Å². The molecule has 39 heavy (non-hydrogen) atoms. The molecule has 1 aliphatic heterocycles. The van der Waals surface area contributed by atoms with Gasteiger partial charge in [-0.2, -0.15) is 0 Å². The molecule has 7 nitrogen and oxygen atoms in total. The molecule has 3 aromatic carbocycles. The van der Waals surface area contributed by atoms with Crippen LogP contribution in [0.4, 0.5) is 11.4 Å². The Morgan fingerprint density at radius 3 is 2.46 bits per heavy atom. The number of methoxy groups -OCH3 is 1. The Morgan fingerprint density at radius 1 is 1.00 bits per heavy atom. The van der Waals surface area contributed by atoms with Gasteiger partial charge in [0.05, 0.1) is 18.6 Å². The van der Waals surface area contributed by atoms with Gasteiger partial charge >= 0.3 is 0 Å². The van der Waals surface area contributed by atoms with Crippen molar-refractivity contribution in [3.05, 3.63) is 89.3 Å². The van der Waals surface area contributed by atoms with Crippen LogP contribution in [-0.4, -0.2) is 60.7 Å². The fourth-order valence-electron chi connectivity index (χ4n) is 4.37. The Kier molecular flexibility index (Phi) is 8.48. The van der Waals surface area contributed by atoms with Gasteiger partial charge in [-0.15, -0.1) is 11.3 Å². The minimum absolute atomic E-state index is 0.0219. The second-order valence-electron chi connectivity index (χ2n) is 9.26. The topological polar surface area (TPSA) is 74.8 Å². The van der Waals surface area contributed by atoms with Gasteiger partial charge in [-0.25, -0.2) is 4.98 Å². The number of nitrogens with zero attached hydrogens (tertiary/aromatic N) is 3. The number of ether oxygens (including phenoxy) is 1. The van der Waals surface area contributed by atoms with Gasteiger partial charge < -0.3 is 19.9 Å². The van der Waals surface area contributed by atoms with Gasteiger partial charge in [-0.3, -0.25) is 9.59 Å². The summed E-state index contributed by atoms with van der Waals surface area (Å²) in [4.78, 5) is 34.2. The number of amides is 2. The monoisotopic (exact) mass is 558 g/mol. The molecule has 0 saturated carbocycles. The number of carbonyl (C=O) groups is 2. The average molecular weight is 559 g/mol. The Hall–Kier alpha value is -3.82. The lowest BCUT2D eigenvalue weighted by Gasteiger charge is -2.36. The van der Waals surface area contributed by atoms with E-state index in [2.05, 4.69) is 46.4 Å². The van der Waals surface area contributed by atoms with Crippen LogP contribution >= 0.6 is 23.1 Å². The van der Waals surface area contributed by atoms with Gasteiger partial charge in [0, 0.05) is 54.1 Å². The zero-order valence-corrected chi connectivity index (χ0v) is 23.6. The highest BCUT2D eigenvalue weighted by Gasteiger charge is 2.22. The van der Waals surface area contributed by atoms with Gasteiger partial charge in [0.15, 0.2) is 4.34 Å². The quantitative estimate of drug-likeness (QED) is 0.275. The first-order chi connectivity index (χ1) is 19.0. The number of anilines is 2. The predicted molar refractivity (Wildman–Crippen MR) is 159 cm³/mol. The van der Waals surface area contributed by atoms with Crippen LogP contribution in [0.25, 0.3) is 11.3 Å². The lowest BCUT2D eigenvalue weighted by molar-refractivity contribution is -0.113. The third kappa shape index (κ3) is 6.79. The minimum atomic E-state index is -0.0653. The van der Waals surface area contributed by atoms with E-state index in [9.17, 15) is 9.59 Å². The molecule has 0 spiro atoms. The van der Waals surface area contributed by atoms with Crippen LogP contribution in [0, 0.1) is 6.92 Å². The Bertz CT molecular complexity index is 1430. The van der Waals surface area contributed by atoms with Gasteiger partial charge in [0.2, 0.25) is 5.91 Å². The van der Waals surface area contributed by atoms with E-state index >= 15 is 0 Å². The third-order valence-corrected chi connectivity index (χ3v) is 8.58. The Balaban J connectivity index is 1.08. The lowest BCUT2D eigenvalue weighted by Crippen LogP contribution is -2.48. The molecule has 1 aliphatic rings. The standard InChI is InChI=1S/C30H30N4O3S2/c1-21-6-8-22(9-7-21)27-19-38-30(32-27)39-20-28(35)31-24-10-12-25(13-11-24)33-14-16-34(17-15-33)29(36)23-4-3-5-26(18-23)37-2/h3-13,18-19H,14-17,20H2,1-2H3,(H,31,35). The maximum absolute atomic E-state index is 12.9. The smallest absolute Gasteiger partial charge is 0.254 e. The van der Waals surface area contributed by atoms with E-state index in [1.165, 1.54) is 17.3 Å². The van der Waals surface area contributed by atoms with Crippen LogP contribution in [0.1, 0.15) is 15.9 Å². The highest BCUT2D eigenvalue weighted by Crippen LogP contribution is 2.29. The first-order valence-electron chi connectivity index (χ1n) is 12.7. The summed E-state index contributed by atoms with van der Waals surface area (Å²) in [6.45, 7) is 4.85. The molecule has 1 saturated heterocycles. The van der Waals surface area contributed by atoms with Crippen LogP contribution in [-0.2, 0) is 4.79 Å². The first kappa shape index (κ1) is 26.8. The van der Waals surface area contributed by atoms with E-state index in [0.29, 0.717) is 30.2 Å². The SMILES string of the molecule is COc1cccc(C(=O)N2CCN(c3ccc(NC(=O)CSc4nc(-c5ccc(C)cc5)cs4)cc3)CC2)c1. The third-order valence-electron chi connectivity index (χ3n) is 6.56. The lowest BCUT2D eigenvalue weighted by atomic mass is 10.1. The number of thiazole rings is 1. The van der Waals surface area contributed by atoms with Crippen molar-refractivity contribution in [2.24, 2.45) is 0 Å². The van der Waals surface area contributed by atoms with Crippen molar-refractivity contribution in [2.45, 2.75) is 11.3 Å². The predicted octanol–water partition coefficient (Wildman–Crippen LogP) is 5.82. The molecule has 5 rings (SSSR count). The number of piperazine rings is 1. The molecular formula is C30H30N4O3S2. The van der Waals surface area contributed by atoms with E-state index in [1.54, 1.807) is 24.5 Å². The molecule has 0 unspecified atom stereocenters. The molecule has 2 heterocycles. The largest absolute Gasteiger partial charge is 0.497 e. The number of nitrogens with one attached hydrogen (secondary N) is 1. The summed E-state index contributed by atoms with van der Waals surface area (Å²) in [5.74, 6) is 0.935. The molecule has 9 heteroatoms. The number of aryl methyl sites for hydroxylation is 1. The van der Waals surface area contributed by atoms with Crippen molar-refractivity contribution in [1.29, 1.82) is 0 Å². The molecule has 200 valence electrons. The zero-order valence-electron chi connectivity index (χ0n) is 21.9. The maximum Gasteiger partial charge on any atom is 0.254 e. The summed E-state index contributed by atoms with van der Waals surface area (Å²) in [7, 11) is 1.60. The number of hydrogen-bond acceptors (Lipinski definition) is 7. The molecule has 2 amide bonds. The summed E-state index contributed by atoms with van der Waals surface area (Å²) >= 11 is 3.00. The first-order valence-corrected chi connectivity index (χ1v) is 14.6. The minimum Gasteiger partial charge on any atom is -0.497 e. The summed E-state index contributed by atoms with van der Waals surface area (Å²) in [6, 6.07) is 23.4. The summed E-state index contributed by atoms with van der Waals surface area (Å²) < 4.78 is 6.12. The van der Waals surface area contributed by atoms with Crippen molar-refractivity contribution >= 4 is 46.3 Å². The van der Waals surface area contributed by atoms with Crippen LogP contribution in [0.15, 0.2) is 82.5 Å². The van der Waals surface area contributed by atoms with Crippen molar-refractivity contribution in [3.63, 3.8) is 0 Å². The normalized spacial score (nSPS) is 13.3. The fraction of sp³-hybridized carbons (Fsp3) is 0.233. The van der Waals surface area contributed by atoms with Crippen molar-refractivity contribution in [1.82, 2.24) is 9.88 Å². The van der Waals surface area contributed by atoms with Crippen molar-refractivity contribution in [2.75, 3.05) is 49.3 Å². The van der Waals surface area contributed by atoms with Crippen LogP contribution in [0.3, 0.4) is 0 Å². The van der Waals surface area contributed by atoms with Crippen molar-refractivity contribution < 1.29 is 14.3 Å². The summed E-state index contributed by atoms with van der Waals surface area (Å²) in [5, 5.41) is 5.00. The fourth-order valence-corrected chi connectivity index (χ4v) is 6.00. The molecule has 1 aromatic heterocycles. The number of rotatable bonds is 8. The number of thioether (sulfide) groups is 1. The Labute approximate surface area is 236 Å². The molecule has 0 bridgehead atoms. The highest BCUT2D eigenvalue weighted by atomic mass is 32.2.